The van der Waals surface area contributed by atoms with Gasteiger partial charge in [-0.15, -0.1) is 0 Å². The van der Waals surface area contributed by atoms with E-state index in [2.05, 4.69) is 33.4 Å². The Bertz CT molecular complexity index is 621. The van der Waals surface area contributed by atoms with Crippen molar-refractivity contribution >= 4 is 23.1 Å². The van der Waals surface area contributed by atoms with Gasteiger partial charge in [0.1, 0.15) is 0 Å². The van der Waals surface area contributed by atoms with Crippen LogP contribution in [-0.4, -0.2) is 18.1 Å². The fourth-order valence-corrected chi connectivity index (χ4v) is 2.86. The molecule has 1 aliphatic rings. The number of benzene rings is 1. The summed E-state index contributed by atoms with van der Waals surface area (Å²) >= 11 is 6.18. The van der Waals surface area contributed by atoms with Gasteiger partial charge in [-0.2, -0.15) is 0 Å². The average Bonchev–Trinajstić information content (AvgIpc) is 3.03. The van der Waals surface area contributed by atoms with Crippen molar-refractivity contribution in [1.29, 1.82) is 0 Å². The van der Waals surface area contributed by atoms with Gasteiger partial charge in [-0.1, -0.05) is 23.7 Å². The molecular weight excluding hydrogens is 282 g/mol. The van der Waals surface area contributed by atoms with Crippen LogP contribution in [0.25, 0.3) is 0 Å². The molecule has 3 rings (SSSR count). The molecule has 1 fully saturated rings. The second-order valence-corrected chi connectivity index (χ2v) is 5.91. The van der Waals surface area contributed by atoms with Crippen LogP contribution in [0, 0.1) is 6.92 Å². The number of rotatable bonds is 4. The SMILES string of the molecule is Cc1ccc(CNc2cccnc2N2CCCC2)cc1Cl. The van der Waals surface area contributed by atoms with Crippen LogP contribution in [0.4, 0.5) is 11.5 Å². The highest BCUT2D eigenvalue weighted by Crippen LogP contribution is 2.26. The number of aromatic nitrogens is 1. The highest BCUT2D eigenvalue weighted by atomic mass is 35.5. The van der Waals surface area contributed by atoms with Crippen LogP contribution >= 0.6 is 11.6 Å². The minimum Gasteiger partial charge on any atom is -0.378 e. The molecule has 0 spiro atoms. The van der Waals surface area contributed by atoms with Crippen molar-refractivity contribution in [3.05, 3.63) is 52.7 Å². The van der Waals surface area contributed by atoms with E-state index in [-0.39, 0.29) is 0 Å². The van der Waals surface area contributed by atoms with Crippen LogP contribution in [0.3, 0.4) is 0 Å². The van der Waals surface area contributed by atoms with E-state index in [1.54, 1.807) is 0 Å². The van der Waals surface area contributed by atoms with E-state index in [0.29, 0.717) is 0 Å². The van der Waals surface area contributed by atoms with Crippen molar-refractivity contribution in [1.82, 2.24) is 4.98 Å². The van der Waals surface area contributed by atoms with Crippen LogP contribution in [0.5, 0.6) is 0 Å². The van der Waals surface area contributed by atoms with Crippen LogP contribution in [0.15, 0.2) is 36.5 Å². The first-order valence-electron chi connectivity index (χ1n) is 7.43. The van der Waals surface area contributed by atoms with Crippen LogP contribution < -0.4 is 10.2 Å². The molecule has 2 aromatic rings. The van der Waals surface area contributed by atoms with E-state index in [4.69, 9.17) is 11.6 Å². The summed E-state index contributed by atoms with van der Waals surface area (Å²) in [4.78, 5) is 6.89. The predicted octanol–water partition coefficient (Wildman–Crippen LogP) is 4.26. The first-order chi connectivity index (χ1) is 10.2. The molecule has 21 heavy (non-hydrogen) atoms. The molecule has 3 nitrogen and oxygen atoms in total. The van der Waals surface area contributed by atoms with E-state index < -0.39 is 0 Å². The number of anilines is 2. The normalized spacial score (nSPS) is 14.5. The molecule has 2 heterocycles. The number of halogens is 1. The van der Waals surface area contributed by atoms with Crippen molar-refractivity contribution in [2.24, 2.45) is 0 Å². The number of hydrogen-bond acceptors (Lipinski definition) is 3. The molecule has 1 aliphatic heterocycles. The van der Waals surface area contributed by atoms with Crippen molar-refractivity contribution in [3.63, 3.8) is 0 Å². The minimum atomic E-state index is 0.756. The Kier molecular flexibility index (Phi) is 4.30. The largest absolute Gasteiger partial charge is 0.378 e. The Balaban J connectivity index is 1.74. The van der Waals surface area contributed by atoms with Crippen molar-refractivity contribution in [2.45, 2.75) is 26.3 Å². The molecule has 0 aliphatic carbocycles. The summed E-state index contributed by atoms with van der Waals surface area (Å²) in [5.41, 5.74) is 3.39. The molecular formula is C17H20ClN3. The number of nitrogens with one attached hydrogen (secondary N) is 1. The highest BCUT2D eigenvalue weighted by molar-refractivity contribution is 6.31. The lowest BCUT2D eigenvalue weighted by atomic mass is 10.1. The summed E-state index contributed by atoms with van der Waals surface area (Å²) in [6, 6.07) is 10.3. The molecule has 0 radical (unpaired) electrons. The second kappa shape index (κ2) is 6.35. The van der Waals surface area contributed by atoms with E-state index >= 15 is 0 Å². The smallest absolute Gasteiger partial charge is 0.151 e. The first-order valence-corrected chi connectivity index (χ1v) is 7.81. The molecule has 0 unspecified atom stereocenters. The molecule has 0 atom stereocenters. The molecule has 1 aromatic heterocycles. The molecule has 0 saturated carbocycles. The van der Waals surface area contributed by atoms with Gasteiger partial charge in [0.2, 0.25) is 0 Å². The molecule has 0 amide bonds. The lowest BCUT2D eigenvalue weighted by Gasteiger charge is -2.20. The molecule has 1 N–H and O–H groups in total. The Morgan fingerprint density at radius 3 is 2.81 bits per heavy atom. The van der Waals surface area contributed by atoms with Gasteiger partial charge in [0.05, 0.1) is 5.69 Å². The molecule has 0 bridgehead atoms. The van der Waals surface area contributed by atoms with E-state index in [0.717, 1.165) is 41.7 Å². The molecule has 4 heteroatoms. The van der Waals surface area contributed by atoms with Crippen molar-refractivity contribution in [2.75, 3.05) is 23.3 Å². The number of hydrogen-bond donors (Lipinski definition) is 1. The third-order valence-electron chi connectivity index (χ3n) is 3.91. The summed E-state index contributed by atoms with van der Waals surface area (Å²) in [5, 5.41) is 4.31. The number of nitrogens with zero attached hydrogens (tertiary/aromatic N) is 2. The Hall–Kier alpha value is -1.74. The number of pyridine rings is 1. The van der Waals surface area contributed by atoms with Crippen LogP contribution in [0.2, 0.25) is 5.02 Å². The van der Waals surface area contributed by atoms with Gasteiger partial charge in [-0.25, -0.2) is 4.98 Å². The van der Waals surface area contributed by atoms with Gasteiger partial charge < -0.3 is 10.2 Å². The zero-order valence-corrected chi connectivity index (χ0v) is 13.0. The summed E-state index contributed by atoms with van der Waals surface area (Å²) in [5.74, 6) is 1.06. The maximum absolute atomic E-state index is 6.18. The standard InChI is InChI=1S/C17H20ClN3/c1-13-6-7-14(11-15(13)18)12-20-16-5-4-8-19-17(16)21-9-2-3-10-21/h4-8,11,20H,2-3,9-10,12H2,1H3. The van der Waals surface area contributed by atoms with Gasteiger partial charge in [-0.05, 0) is 49.1 Å². The third kappa shape index (κ3) is 3.30. The predicted molar refractivity (Wildman–Crippen MR) is 89.2 cm³/mol. The molecule has 1 saturated heterocycles. The topological polar surface area (TPSA) is 28.2 Å². The van der Waals surface area contributed by atoms with Crippen LogP contribution in [0.1, 0.15) is 24.0 Å². The molecule has 110 valence electrons. The summed E-state index contributed by atoms with van der Waals surface area (Å²) in [6.07, 6.45) is 4.37. The van der Waals surface area contributed by atoms with Crippen LogP contribution in [-0.2, 0) is 6.54 Å². The van der Waals surface area contributed by atoms with Gasteiger partial charge >= 0.3 is 0 Å². The Labute approximate surface area is 131 Å². The highest BCUT2D eigenvalue weighted by Gasteiger charge is 2.16. The Morgan fingerprint density at radius 2 is 2.05 bits per heavy atom. The number of aryl methyl sites for hydroxylation is 1. The maximum Gasteiger partial charge on any atom is 0.151 e. The fourth-order valence-electron chi connectivity index (χ4n) is 2.66. The van der Waals surface area contributed by atoms with Crippen molar-refractivity contribution in [3.8, 4) is 0 Å². The van der Waals surface area contributed by atoms with E-state index in [1.807, 2.05) is 25.3 Å². The zero-order valence-electron chi connectivity index (χ0n) is 12.3. The zero-order chi connectivity index (χ0) is 14.7. The maximum atomic E-state index is 6.18. The average molecular weight is 302 g/mol. The van der Waals surface area contributed by atoms with Crippen molar-refractivity contribution < 1.29 is 0 Å². The van der Waals surface area contributed by atoms with Gasteiger partial charge in [-0.3, -0.25) is 0 Å². The summed E-state index contributed by atoms with van der Waals surface area (Å²) in [7, 11) is 0. The summed E-state index contributed by atoms with van der Waals surface area (Å²) in [6.45, 7) is 4.97. The van der Waals surface area contributed by atoms with Gasteiger partial charge in [0, 0.05) is 30.9 Å². The van der Waals surface area contributed by atoms with Gasteiger partial charge in [0.15, 0.2) is 5.82 Å². The summed E-state index contributed by atoms with van der Waals surface area (Å²) < 4.78 is 0. The van der Waals surface area contributed by atoms with Gasteiger partial charge in [0.25, 0.3) is 0 Å². The lowest BCUT2D eigenvalue weighted by molar-refractivity contribution is 0.935. The second-order valence-electron chi connectivity index (χ2n) is 5.51. The quantitative estimate of drug-likeness (QED) is 0.915. The monoisotopic (exact) mass is 301 g/mol. The molecule has 1 aromatic carbocycles. The van der Waals surface area contributed by atoms with E-state index in [1.165, 1.54) is 18.4 Å². The lowest BCUT2D eigenvalue weighted by Crippen LogP contribution is -2.20. The first kappa shape index (κ1) is 14.2. The Morgan fingerprint density at radius 1 is 1.24 bits per heavy atom. The van der Waals surface area contributed by atoms with E-state index in [9.17, 15) is 0 Å². The minimum absolute atomic E-state index is 0.756. The third-order valence-corrected chi connectivity index (χ3v) is 4.32. The fraction of sp³-hybridized carbons (Fsp3) is 0.353.